The van der Waals surface area contributed by atoms with Crippen LogP contribution < -0.4 is 0 Å². The Kier molecular flexibility index (Phi) is 6.88. The van der Waals surface area contributed by atoms with Gasteiger partial charge in [-0.1, -0.05) is 139 Å². The third-order valence-corrected chi connectivity index (χ3v) is 8.46. The van der Waals surface area contributed by atoms with Gasteiger partial charge in [0.1, 0.15) is 0 Å². The van der Waals surface area contributed by atoms with E-state index in [2.05, 4.69) is 153 Å². The van der Waals surface area contributed by atoms with E-state index in [0.717, 1.165) is 60.8 Å². The fourth-order valence-corrected chi connectivity index (χ4v) is 6.04. The third kappa shape index (κ3) is 5.10. The zero-order valence-electron chi connectivity index (χ0n) is 25.6. The van der Waals surface area contributed by atoms with E-state index in [1.165, 1.54) is 11.1 Å². The predicted octanol–water partition coefficient (Wildman–Crippen LogP) is 10.5. The van der Waals surface area contributed by atoms with Gasteiger partial charge >= 0.3 is 0 Å². The number of aryl methyl sites for hydroxylation is 2. The van der Waals surface area contributed by atoms with E-state index in [9.17, 15) is 0 Å². The van der Waals surface area contributed by atoms with Gasteiger partial charge in [-0.3, -0.25) is 0 Å². The molecule has 0 aliphatic carbocycles. The van der Waals surface area contributed by atoms with Crippen molar-refractivity contribution in [2.45, 2.75) is 13.8 Å². The summed E-state index contributed by atoms with van der Waals surface area (Å²) in [6, 6.07) is 50.5. The van der Waals surface area contributed by atoms with Gasteiger partial charge < -0.3 is 0 Å². The van der Waals surface area contributed by atoms with Crippen LogP contribution in [0.3, 0.4) is 0 Å². The number of hydrogen-bond acceptors (Lipinski definition) is 4. The standard InChI is InChI=1S/C42H30N4/c1-27-16-20-31(21-17-27)40-44-41(32-22-18-28(2)19-23-32)46-42(45-40)33-24-25-37-36(26-33)38-34(29-10-5-3-6-11-29)14-9-15-35(38)39(43-37)30-12-7-4-8-13-30/h3-26H,1-2H3. The van der Waals surface area contributed by atoms with Crippen molar-refractivity contribution in [3.63, 3.8) is 0 Å². The molecule has 8 rings (SSSR count). The number of pyridine rings is 1. The second-order valence-electron chi connectivity index (χ2n) is 11.7. The van der Waals surface area contributed by atoms with Gasteiger partial charge in [-0.2, -0.15) is 0 Å². The number of nitrogens with zero attached hydrogens (tertiary/aromatic N) is 4. The Balaban J connectivity index is 1.40. The van der Waals surface area contributed by atoms with Crippen LogP contribution in [-0.4, -0.2) is 19.9 Å². The van der Waals surface area contributed by atoms with Gasteiger partial charge in [0.05, 0.1) is 11.2 Å². The molecule has 0 aliphatic rings. The number of aromatic nitrogens is 4. The van der Waals surface area contributed by atoms with Crippen molar-refractivity contribution in [2.75, 3.05) is 0 Å². The molecule has 0 unspecified atom stereocenters. The molecule has 4 nitrogen and oxygen atoms in total. The number of fused-ring (bicyclic) bond motifs is 3. The fraction of sp³-hybridized carbons (Fsp3) is 0.0476. The van der Waals surface area contributed by atoms with Crippen molar-refractivity contribution in [1.29, 1.82) is 0 Å². The van der Waals surface area contributed by atoms with Crippen molar-refractivity contribution in [3.8, 4) is 56.5 Å². The summed E-state index contributed by atoms with van der Waals surface area (Å²) in [5, 5.41) is 3.32. The summed E-state index contributed by atoms with van der Waals surface area (Å²) in [6.45, 7) is 4.17. The average Bonchev–Trinajstić information content (AvgIpc) is 3.12. The van der Waals surface area contributed by atoms with Crippen LogP contribution in [0, 0.1) is 13.8 Å². The fourth-order valence-electron chi connectivity index (χ4n) is 6.04. The van der Waals surface area contributed by atoms with Crippen molar-refractivity contribution in [2.24, 2.45) is 0 Å². The molecule has 0 radical (unpaired) electrons. The molecule has 4 heteroatoms. The van der Waals surface area contributed by atoms with Crippen LogP contribution in [0.4, 0.5) is 0 Å². The molecule has 0 saturated heterocycles. The minimum atomic E-state index is 0.625. The first-order valence-corrected chi connectivity index (χ1v) is 15.5. The first kappa shape index (κ1) is 27.5. The lowest BCUT2D eigenvalue weighted by Crippen LogP contribution is -2.00. The zero-order chi connectivity index (χ0) is 31.0. The molecular formula is C42H30N4. The topological polar surface area (TPSA) is 51.6 Å². The van der Waals surface area contributed by atoms with Crippen LogP contribution in [0.15, 0.2) is 146 Å². The first-order chi connectivity index (χ1) is 22.6. The van der Waals surface area contributed by atoms with Crippen LogP contribution in [0.25, 0.3) is 78.2 Å². The Hall–Kier alpha value is -6.00. The molecule has 6 aromatic carbocycles. The van der Waals surface area contributed by atoms with E-state index < -0.39 is 0 Å². The summed E-state index contributed by atoms with van der Waals surface area (Å²) < 4.78 is 0. The summed E-state index contributed by atoms with van der Waals surface area (Å²) in [5.41, 5.74) is 10.5. The monoisotopic (exact) mass is 590 g/mol. The number of benzene rings is 6. The molecule has 0 bridgehead atoms. The lowest BCUT2D eigenvalue weighted by Gasteiger charge is -2.15. The minimum Gasteiger partial charge on any atom is -0.247 e. The lowest BCUT2D eigenvalue weighted by atomic mass is 9.92. The SMILES string of the molecule is Cc1ccc(-c2nc(-c3ccc(C)cc3)nc(-c3ccc4nc(-c5ccccc5)c5cccc(-c6ccccc6)c5c4c3)n2)cc1. The van der Waals surface area contributed by atoms with E-state index in [-0.39, 0.29) is 0 Å². The Morgan fingerprint density at radius 3 is 1.48 bits per heavy atom. The Morgan fingerprint density at radius 1 is 0.370 bits per heavy atom. The van der Waals surface area contributed by atoms with Crippen molar-refractivity contribution >= 4 is 21.7 Å². The summed E-state index contributed by atoms with van der Waals surface area (Å²) in [5.74, 6) is 1.92. The van der Waals surface area contributed by atoms with Gasteiger partial charge in [0.15, 0.2) is 17.5 Å². The molecule has 218 valence electrons. The smallest absolute Gasteiger partial charge is 0.164 e. The molecule has 2 heterocycles. The molecule has 0 spiro atoms. The quantitative estimate of drug-likeness (QED) is 0.187. The second-order valence-corrected chi connectivity index (χ2v) is 11.7. The summed E-state index contributed by atoms with van der Waals surface area (Å²) in [7, 11) is 0. The predicted molar refractivity (Wildman–Crippen MR) is 189 cm³/mol. The average molecular weight is 591 g/mol. The van der Waals surface area contributed by atoms with Gasteiger partial charge in [-0.25, -0.2) is 19.9 Å². The molecule has 0 N–H and O–H groups in total. The first-order valence-electron chi connectivity index (χ1n) is 15.5. The van der Waals surface area contributed by atoms with E-state index in [1.807, 2.05) is 6.07 Å². The Morgan fingerprint density at radius 2 is 0.891 bits per heavy atom. The van der Waals surface area contributed by atoms with Crippen molar-refractivity contribution in [3.05, 3.63) is 157 Å². The van der Waals surface area contributed by atoms with E-state index in [4.69, 9.17) is 19.9 Å². The highest BCUT2D eigenvalue weighted by Gasteiger charge is 2.17. The maximum Gasteiger partial charge on any atom is 0.164 e. The highest BCUT2D eigenvalue weighted by atomic mass is 15.0. The van der Waals surface area contributed by atoms with Crippen LogP contribution in [0.2, 0.25) is 0 Å². The molecule has 0 atom stereocenters. The maximum absolute atomic E-state index is 5.24. The van der Waals surface area contributed by atoms with E-state index >= 15 is 0 Å². The normalized spacial score (nSPS) is 11.3. The summed E-state index contributed by atoms with van der Waals surface area (Å²) >= 11 is 0. The summed E-state index contributed by atoms with van der Waals surface area (Å²) in [6.07, 6.45) is 0. The number of rotatable bonds is 5. The maximum atomic E-state index is 5.24. The minimum absolute atomic E-state index is 0.625. The van der Waals surface area contributed by atoms with Gasteiger partial charge in [-0.05, 0) is 43.2 Å². The molecule has 0 aliphatic heterocycles. The zero-order valence-corrected chi connectivity index (χ0v) is 25.6. The Bertz CT molecular complexity index is 2280. The summed E-state index contributed by atoms with van der Waals surface area (Å²) in [4.78, 5) is 20.2. The molecular weight excluding hydrogens is 560 g/mol. The van der Waals surface area contributed by atoms with Crippen LogP contribution >= 0.6 is 0 Å². The van der Waals surface area contributed by atoms with Crippen LogP contribution in [0.5, 0.6) is 0 Å². The van der Waals surface area contributed by atoms with Gasteiger partial charge in [-0.15, -0.1) is 0 Å². The van der Waals surface area contributed by atoms with Crippen LogP contribution in [-0.2, 0) is 0 Å². The third-order valence-electron chi connectivity index (χ3n) is 8.46. The van der Waals surface area contributed by atoms with E-state index in [1.54, 1.807) is 0 Å². The molecule has 46 heavy (non-hydrogen) atoms. The van der Waals surface area contributed by atoms with Crippen molar-refractivity contribution < 1.29 is 0 Å². The highest BCUT2D eigenvalue weighted by Crippen LogP contribution is 2.39. The molecule has 8 aromatic rings. The van der Waals surface area contributed by atoms with E-state index in [0.29, 0.717) is 17.5 Å². The van der Waals surface area contributed by atoms with Gasteiger partial charge in [0.2, 0.25) is 0 Å². The van der Waals surface area contributed by atoms with Gasteiger partial charge in [0, 0.05) is 38.4 Å². The largest absolute Gasteiger partial charge is 0.247 e. The highest BCUT2D eigenvalue weighted by molar-refractivity contribution is 6.17. The molecule has 0 amide bonds. The molecule has 0 saturated carbocycles. The second kappa shape index (κ2) is 11.5. The molecule has 0 fully saturated rings. The number of hydrogen-bond donors (Lipinski definition) is 0. The lowest BCUT2D eigenvalue weighted by molar-refractivity contribution is 1.07. The Labute approximate surface area is 268 Å². The van der Waals surface area contributed by atoms with Crippen LogP contribution in [0.1, 0.15) is 11.1 Å². The molecule has 2 aromatic heterocycles. The van der Waals surface area contributed by atoms with Crippen molar-refractivity contribution in [1.82, 2.24) is 19.9 Å². The van der Waals surface area contributed by atoms with Gasteiger partial charge in [0.25, 0.3) is 0 Å².